The third kappa shape index (κ3) is 3.23. The molecule has 140 valence electrons. The van der Waals surface area contributed by atoms with Gasteiger partial charge in [0.05, 0.1) is 12.1 Å². The van der Waals surface area contributed by atoms with Gasteiger partial charge in [-0.2, -0.15) is 0 Å². The number of amides is 2. The van der Waals surface area contributed by atoms with E-state index in [4.69, 9.17) is 0 Å². The van der Waals surface area contributed by atoms with Crippen LogP contribution in [0, 0.1) is 6.92 Å². The molecular weight excluding hydrogens is 338 g/mol. The number of likely N-dealkylation sites (N-methyl/N-ethyl adjacent to an activating group) is 1. The second kappa shape index (κ2) is 6.82. The van der Waals surface area contributed by atoms with Crippen LogP contribution < -0.4 is 4.90 Å². The van der Waals surface area contributed by atoms with E-state index in [2.05, 4.69) is 4.90 Å². The maximum Gasteiger partial charge on any atom is 0.253 e. The number of hydrogen-bond acceptors (Lipinski definition) is 3. The van der Waals surface area contributed by atoms with Crippen LogP contribution in [0.25, 0.3) is 0 Å². The molecule has 0 aliphatic carbocycles. The SMILES string of the molecule is Cc1cccc(C(=O)N2CCC3(C2)CN(c2ccccc2)C(=O)CN3C)c1. The van der Waals surface area contributed by atoms with E-state index >= 15 is 0 Å². The Kier molecular flexibility index (Phi) is 4.48. The molecule has 0 radical (unpaired) electrons. The molecule has 0 bridgehead atoms. The van der Waals surface area contributed by atoms with Gasteiger partial charge in [0.15, 0.2) is 0 Å². The van der Waals surface area contributed by atoms with Gasteiger partial charge in [0.1, 0.15) is 0 Å². The average molecular weight is 363 g/mol. The summed E-state index contributed by atoms with van der Waals surface area (Å²) in [6.45, 7) is 4.35. The van der Waals surface area contributed by atoms with Gasteiger partial charge in [-0.25, -0.2) is 0 Å². The molecule has 2 fully saturated rings. The van der Waals surface area contributed by atoms with Crippen molar-refractivity contribution in [2.24, 2.45) is 0 Å². The molecule has 5 nitrogen and oxygen atoms in total. The molecule has 4 rings (SSSR count). The molecule has 2 heterocycles. The highest BCUT2D eigenvalue weighted by Crippen LogP contribution is 2.34. The highest BCUT2D eigenvalue weighted by atomic mass is 16.2. The summed E-state index contributed by atoms with van der Waals surface area (Å²) in [5, 5.41) is 0. The van der Waals surface area contributed by atoms with Crippen LogP contribution >= 0.6 is 0 Å². The van der Waals surface area contributed by atoms with Crippen LogP contribution in [-0.2, 0) is 4.79 Å². The van der Waals surface area contributed by atoms with Gasteiger partial charge in [-0.3, -0.25) is 14.5 Å². The van der Waals surface area contributed by atoms with Gasteiger partial charge < -0.3 is 9.80 Å². The number of carbonyl (C=O) groups excluding carboxylic acids is 2. The first kappa shape index (κ1) is 17.7. The number of carbonyl (C=O) groups is 2. The quantitative estimate of drug-likeness (QED) is 0.824. The molecule has 5 heteroatoms. The fourth-order valence-corrected chi connectivity index (χ4v) is 4.23. The number of anilines is 1. The van der Waals surface area contributed by atoms with Crippen LogP contribution in [0.15, 0.2) is 54.6 Å². The second-order valence-corrected chi connectivity index (χ2v) is 7.74. The number of para-hydroxylation sites is 1. The Hall–Kier alpha value is -2.66. The highest BCUT2D eigenvalue weighted by Gasteiger charge is 2.48. The van der Waals surface area contributed by atoms with E-state index in [9.17, 15) is 9.59 Å². The number of hydrogen-bond donors (Lipinski definition) is 0. The van der Waals surface area contributed by atoms with Crippen molar-refractivity contribution in [3.8, 4) is 0 Å². The van der Waals surface area contributed by atoms with Crippen LogP contribution in [0.4, 0.5) is 5.69 Å². The second-order valence-electron chi connectivity index (χ2n) is 7.74. The van der Waals surface area contributed by atoms with E-state index in [0.29, 0.717) is 26.2 Å². The fourth-order valence-electron chi connectivity index (χ4n) is 4.23. The molecule has 2 saturated heterocycles. The summed E-state index contributed by atoms with van der Waals surface area (Å²) < 4.78 is 0. The maximum absolute atomic E-state index is 13.0. The van der Waals surface area contributed by atoms with Crippen molar-refractivity contribution in [3.63, 3.8) is 0 Å². The number of piperazine rings is 1. The maximum atomic E-state index is 13.0. The first-order valence-corrected chi connectivity index (χ1v) is 9.41. The van der Waals surface area contributed by atoms with Crippen molar-refractivity contribution in [2.45, 2.75) is 18.9 Å². The van der Waals surface area contributed by atoms with Crippen LogP contribution in [0.1, 0.15) is 22.3 Å². The van der Waals surface area contributed by atoms with Crippen LogP contribution in [0.5, 0.6) is 0 Å². The zero-order valence-electron chi connectivity index (χ0n) is 15.9. The summed E-state index contributed by atoms with van der Waals surface area (Å²) in [4.78, 5) is 31.5. The van der Waals surface area contributed by atoms with Crippen molar-refractivity contribution < 1.29 is 9.59 Å². The summed E-state index contributed by atoms with van der Waals surface area (Å²) in [5.41, 5.74) is 2.56. The molecule has 2 amide bonds. The minimum Gasteiger partial charge on any atom is -0.337 e. The third-order valence-electron chi connectivity index (χ3n) is 5.89. The molecule has 0 aromatic heterocycles. The third-order valence-corrected chi connectivity index (χ3v) is 5.89. The van der Waals surface area contributed by atoms with Gasteiger partial charge in [0.2, 0.25) is 5.91 Å². The fraction of sp³-hybridized carbons (Fsp3) is 0.364. The Bertz CT molecular complexity index is 867. The zero-order valence-corrected chi connectivity index (χ0v) is 15.9. The summed E-state index contributed by atoms with van der Waals surface area (Å²) in [5.74, 6) is 0.185. The zero-order chi connectivity index (χ0) is 19.0. The lowest BCUT2D eigenvalue weighted by atomic mass is 9.92. The predicted octanol–water partition coefficient (Wildman–Crippen LogP) is 2.56. The molecule has 1 spiro atoms. The lowest BCUT2D eigenvalue weighted by molar-refractivity contribution is -0.123. The molecule has 2 aliphatic heterocycles. The van der Waals surface area contributed by atoms with Crippen LogP contribution in [0.3, 0.4) is 0 Å². The van der Waals surface area contributed by atoms with E-state index in [1.807, 2.05) is 78.4 Å². The molecule has 27 heavy (non-hydrogen) atoms. The normalized spacial score (nSPS) is 23.3. The summed E-state index contributed by atoms with van der Waals surface area (Å²) in [7, 11) is 2.00. The van der Waals surface area contributed by atoms with Gasteiger partial charge >= 0.3 is 0 Å². The Labute approximate surface area is 160 Å². The monoisotopic (exact) mass is 363 g/mol. The smallest absolute Gasteiger partial charge is 0.253 e. The first-order chi connectivity index (χ1) is 13.0. The highest BCUT2D eigenvalue weighted by molar-refractivity contribution is 5.97. The Morgan fingerprint density at radius 2 is 1.81 bits per heavy atom. The Balaban J connectivity index is 1.56. The topological polar surface area (TPSA) is 43.9 Å². The molecule has 1 atom stereocenters. The van der Waals surface area contributed by atoms with E-state index in [1.54, 1.807) is 0 Å². The van der Waals surface area contributed by atoms with Crippen LogP contribution in [-0.4, -0.2) is 60.4 Å². The lowest BCUT2D eigenvalue weighted by Gasteiger charge is -2.46. The van der Waals surface area contributed by atoms with Crippen molar-refractivity contribution in [2.75, 3.05) is 38.1 Å². The molecule has 2 aromatic rings. The summed E-state index contributed by atoms with van der Waals surface area (Å²) >= 11 is 0. The molecule has 1 unspecified atom stereocenters. The van der Waals surface area contributed by atoms with Gasteiger partial charge in [0, 0.05) is 30.9 Å². The summed E-state index contributed by atoms with van der Waals surface area (Å²) in [6, 6.07) is 17.6. The minimum absolute atomic E-state index is 0.0761. The number of nitrogens with zero attached hydrogens (tertiary/aromatic N) is 3. The van der Waals surface area contributed by atoms with Crippen molar-refractivity contribution in [3.05, 3.63) is 65.7 Å². The number of benzene rings is 2. The molecule has 2 aliphatic rings. The van der Waals surface area contributed by atoms with E-state index in [-0.39, 0.29) is 17.4 Å². The molecule has 2 aromatic carbocycles. The average Bonchev–Trinajstić information content (AvgIpc) is 3.10. The largest absolute Gasteiger partial charge is 0.337 e. The van der Waals surface area contributed by atoms with Gasteiger partial charge in [-0.05, 0) is 44.7 Å². The van der Waals surface area contributed by atoms with Crippen LogP contribution in [0.2, 0.25) is 0 Å². The van der Waals surface area contributed by atoms with E-state index in [1.165, 1.54) is 0 Å². The Morgan fingerprint density at radius 1 is 1.04 bits per heavy atom. The Morgan fingerprint density at radius 3 is 2.56 bits per heavy atom. The van der Waals surface area contributed by atoms with E-state index < -0.39 is 0 Å². The lowest BCUT2D eigenvalue weighted by Crippen LogP contribution is -2.64. The molecular formula is C22H25N3O2. The number of rotatable bonds is 2. The minimum atomic E-state index is -0.191. The number of aryl methyl sites for hydroxylation is 1. The van der Waals surface area contributed by atoms with Gasteiger partial charge in [-0.15, -0.1) is 0 Å². The summed E-state index contributed by atoms with van der Waals surface area (Å²) in [6.07, 6.45) is 0.873. The molecule has 0 saturated carbocycles. The van der Waals surface area contributed by atoms with Gasteiger partial charge in [0.25, 0.3) is 5.91 Å². The molecule has 0 N–H and O–H groups in total. The number of likely N-dealkylation sites (tertiary alicyclic amines) is 1. The standard InChI is InChI=1S/C22H25N3O2/c1-17-7-6-8-18(13-17)21(27)24-12-11-22(15-24)16-25(20(26)14-23(22)2)19-9-4-3-5-10-19/h3-10,13H,11-12,14-16H2,1-2H3. The van der Waals surface area contributed by atoms with Gasteiger partial charge in [-0.1, -0.05) is 35.9 Å². The van der Waals surface area contributed by atoms with Crippen molar-refractivity contribution in [1.29, 1.82) is 0 Å². The van der Waals surface area contributed by atoms with Crippen molar-refractivity contribution >= 4 is 17.5 Å². The first-order valence-electron chi connectivity index (χ1n) is 9.41. The van der Waals surface area contributed by atoms with E-state index in [0.717, 1.165) is 23.2 Å². The predicted molar refractivity (Wildman–Crippen MR) is 106 cm³/mol. The van der Waals surface area contributed by atoms with Crippen molar-refractivity contribution in [1.82, 2.24) is 9.80 Å².